The van der Waals surface area contributed by atoms with E-state index < -0.39 is 5.82 Å². The van der Waals surface area contributed by atoms with Crippen molar-refractivity contribution in [1.29, 1.82) is 0 Å². The Morgan fingerprint density at radius 1 is 1.11 bits per heavy atom. The van der Waals surface area contributed by atoms with Crippen LogP contribution >= 0.6 is 34.8 Å². The van der Waals surface area contributed by atoms with E-state index in [0.29, 0.717) is 11.5 Å². The summed E-state index contributed by atoms with van der Waals surface area (Å²) in [6.07, 6.45) is 0. The van der Waals surface area contributed by atoms with E-state index in [9.17, 15) is 4.39 Å². The zero-order valence-corrected chi connectivity index (χ0v) is 11.9. The van der Waals surface area contributed by atoms with Crippen LogP contribution in [0, 0.1) is 5.82 Å². The quantitative estimate of drug-likeness (QED) is 0.765. The smallest absolute Gasteiger partial charge is 0.229 e. The molecule has 0 aliphatic heterocycles. The molecule has 0 aliphatic rings. The van der Waals surface area contributed by atoms with Gasteiger partial charge in [0, 0.05) is 5.92 Å². The third-order valence-electron chi connectivity index (χ3n) is 2.39. The van der Waals surface area contributed by atoms with Crippen LogP contribution in [-0.4, -0.2) is 14.8 Å². The van der Waals surface area contributed by atoms with Crippen LogP contribution in [0.3, 0.4) is 0 Å². The summed E-state index contributed by atoms with van der Waals surface area (Å²) in [5.74, 6) is 0.101. The van der Waals surface area contributed by atoms with Gasteiger partial charge in [-0.15, -0.1) is 10.2 Å². The number of hydrogen-bond acceptors (Lipinski definition) is 2. The third-order valence-corrected chi connectivity index (χ3v) is 3.19. The van der Waals surface area contributed by atoms with Crippen LogP contribution in [0.15, 0.2) is 12.1 Å². The maximum atomic E-state index is 13.4. The second-order valence-electron chi connectivity index (χ2n) is 4.04. The summed E-state index contributed by atoms with van der Waals surface area (Å²) < 4.78 is 15.0. The third kappa shape index (κ3) is 2.32. The first-order valence-corrected chi connectivity index (χ1v) is 6.31. The van der Waals surface area contributed by atoms with E-state index >= 15 is 0 Å². The molecular formula is C11H9Cl3FN3. The predicted molar refractivity (Wildman–Crippen MR) is 70.4 cm³/mol. The Labute approximate surface area is 118 Å². The van der Waals surface area contributed by atoms with Gasteiger partial charge in [-0.1, -0.05) is 37.0 Å². The van der Waals surface area contributed by atoms with Gasteiger partial charge in [0.25, 0.3) is 0 Å². The molecule has 0 spiro atoms. The lowest BCUT2D eigenvalue weighted by molar-refractivity contribution is 0.628. The van der Waals surface area contributed by atoms with Crippen molar-refractivity contribution in [3.05, 3.63) is 39.1 Å². The first-order chi connectivity index (χ1) is 8.41. The summed E-state index contributed by atoms with van der Waals surface area (Å²) in [5, 5.41) is 7.80. The van der Waals surface area contributed by atoms with E-state index in [2.05, 4.69) is 10.2 Å². The van der Waals surface area contributed by atoms with Gasteiger partial charge in [0.2, 0.25) is 5.28 Å². The molecule has 0 amide bonds. The molecule has 2 aromatic rings. The van der Waals surface area contributed by atoms with Gasteiger partial charge >= 0.3 is 0 Å². The molecule has 0 unspecified atom stereocenters. The molecule has 96 valence electrons. The number of hydrogen-bond donors (Lipinski definition) is 0. The lowest BCUT2D eigenvalue weighted by Gasteiger charge is -2.11. The summed E-state index contributed by atoms with van der Waals surface area (Å²) in [4.78, 5) is 0. The summed E-state index contributed by atoms with van der Waals surface area (Å²) in [5.41, 5.74) is 0.533. The molecule has 0 atom stereocenters. The number of aromatic nitrogens is 3. The average molecular weight is 309 g/mol. The first-order valence-electron chi connectivity index (χ1n) is 5.17. The van der Waals surface area contributed by atoms with Gasteiger partial charge in [0.05, 0.1) is 15.7 Å². The van der Waals surface area contributed by atoms with E-state index in [1.165, 1.54) is 12.1 Å². The van der Waals surface area contributed by atoms with Gasteiger partial charge in [-0.05, 0) is 23.7 Å². The van der Waals surface area contributed by atoms with Gasteiger partial charge in [-0.2, -0.15) is 0 Å². The fraction of sp³-hybridized carbons (Fsp3) is 0.273. The second-order valence-corrected chi connectivity index (χ2v) is 5.19. The number of rotatable bonds is 2. The number of benzene rings is 1. The highest BCUT2D eigenvalue weighted by molar-refractivity contribution is 6.35. The standard InChI is InChI=1S/C11H9Cl3FN3/c1-5(2)10-16-17-11(14)18(10)6-3-7(12)9(15)8(13)4-6/h3-5H,1-2H3. The molecule has 3 nitrogen and oxygen atoms in total. The highest BCUT2D eigenvalue weighted by Crippen LogP contribution is 2.29. The Morgan fingerprint density at radius 3 is 2.17 bits per heavy atom. The Balaban J connectivity index is 2.65. The molecular weight excluding hydrogens is 299 g/mol. The largest absolute Gasteiger partial charge is 0.269 e. The van der Waals surface area contributed by atoms with Crippen LogP contribution in [0.1, 0.15) is 25.6 Å². The Morgan fingerprint density at radius 2 is 1.67 bits per heavy atom. The van der Waals surface area contributed by atoms with E-state index in [0.717, 1.165) is 0 Å². The van der Waals surface area contributed by atoms with Gasteiger partial charge in [0.15, 0.2) is 5.82 Å². The number of halogens is 4. The summed E-state index contributed by atoms with van der Waals surface area (Å²) in [7, 11) is 0. The molecule has 0 N–H and O–H groups in total. The van der Waals surface area contributed by atoms with Crippen molar-refractivity contribution >= 4 is 34.8 Å². The molecule has 18 heavy (non-hydrogen) atoms. The molecule has 0 radical (unpaired) electrons. The van der Waals surface area contributed by atoms with E-state index in [4.69, 9.17) is 34.8 Å². The van der Waals surface area contributed by atoms with Gasteiger partial charge in [-0.3, -0.25) is 4.57 Å². The monoisotopic (exact) mass is 307 g/mol. The van der Waals surface area contributed by atoms with Crippen LogP contribution in [0.2, 0.25) is 15.3 Å². The van der Waals surface area contributed by atoms with E-state index in [-0.39, 0.29) is 21.2 Å². The molecule has 0 fully saturated rings. The minimum atomic E-state index is -0.655. The van der Waals surface area contributed by atoms with Crippen LogP contribution in [0.4, 0.5) is 4.39 Å². The average Bonchev–Trinajstić information content (AvgIpc) is 2.67. The normalized spacial score (nSPS) is 11.3. The van der Waals surface area contributed by atoms with Crippen LogP contribution < -0.4 is 0 Å². The molecule has 1 aromatic heterocycles. The van der Waals surface area contributed by atoms with E-state index in [1.54, 1.807) is 4.57 Å². The Bertz CT molecular complexity index is 572. The molecule has 0 saturated heterocycles. The summed E-state index contributed by atoms with van der Waals surface area (Å²) in [6, 6.07) is 2.87. The summed E-state index contributed by atoms with van der Waals surface area (Å²) in [6.45, 7) is 3.90. The zero-order chi connectivity index (χ0) is 13.4. The van der Waals surface area contributed by atoms with Crippen molar-refractivity contribution in [3.8, 4) is 5.69 Å². The predicted octanol–water partition coefficient (Wildman–Crippen LogP) is 4.49. The Kier molecular flexibility index (Phi) is 3.80. The van der Waals surface area contributed by atoms with Crippen LogP contribution in [0.5, 0.6) is 0 Å². The summed E-state index contributed by atoms with van der Waals surface area (Å²) >= 11 is 17.5. The number of nitrogens with zero attached hydrogens (tertiary/aromatic N) is 3. The highest BCUT2D eigenvalue weighted by atomic mass is 35.5. The maximum absolute atomic E-state index is 13.4. The molecule has 7 heteroatoms. The van der Waals surface area contributed by atoms with Crippen molar-refractivity contribution in [2.45, 2.75) is 19.8 Å². The maximum Gasteiger partial charge on any atom is 0.229 e. The van der Waals surface area contributed by atoms with Gasteiger partial charge < -0.3 is 0 Å². The molecule has 0 saturated carbocycles. The van der Waals surface area contributed by atoms with Crippen molar-refractivity contribution in [3.63, 3.8) is 0 Å². The molecule has 1 heterocycles. The van der Waals surface area contributed by atoms with Crippen molar-refractivity contribution in [2.75, 3.05) is 0 Å². The lowest BCUT2D eigenvalue weighted by atomic mass is 10.2. The van der Waals surface area contributed by atoms with Crippen molar-refractivity contribution in [1.82, 2.24) is 14.8 Å². The highest BCUT2D eigenvalue weighted by Gasteiger charge is 2.17. The molecule has 0 aliphatic carbocycles. The minimum absolute atomic E-state index is 0.0722. The SMILES string of the molecule is CC(C)c1nnc(Cl)n1-c1cc(Cl)c(F)c(Cl)c1. The second kappa shape index (κ2) is 5.03. The van der Waals surface area contributed by atoms with Gasteiger partial charge in [0.1, 0.15) is 5.82 Å². The fourth-order valence-electron chi connectivity index (χ4n) is 1.56. The van der Waals surface area contributed by atoms with Crippen molar-refractivity contribution in [2.24, 2.45) is 0 Å². The minimum Gasteiger partial charge on any atom is -0.269 e. The van der Waals surface area contributed by atoms with Crippen LogP contribution in [0.25, 0.3) is 5.69 Å². The lowest BCUT2D eigenvalue weighted by Crippen LogP contribution is -2.04. The molecule has 0 bridgehead atoms. The fourth-order valence-corrected chi connectivity index (χ4v) is 2.26. The van der Waals surface area contributed by atoms with Crippen LogP contribution in [-0.2, 0) is 0 Å². The molecule has 1 aromatic carbocycles. The van der Waals surface area contributed by atoms with E-state index in [1.807, 2.05) is 13.8 Å². The van der Waals surface area contributed by atoms with Gasteiger partial charge in [-0.25, -0.2) is 4.39 Å². The first kappa shape index (κ1) is 13.6. The Hall–Kier alpha value is -0.840. The topological polar surface area (TPSA) is 30.7 Å². The zero-order valence-electron chi connectivity index (χ0n) is 9.59. The van der Waals surface area contributed by atoms with Crippen molar-refractivity contribution < 1.29 is 4.39 Å². The molecule has 2 rings (SSSR count).